The van der Waals surface area contributed by atoms with Crippen molar-refractivity contribution in [2.24, 2.45) is 0 Å². The molecule has 1 aliphatic heterocycles. The summed E-state index contributed by atoms with van der Waals surface area (Å²) in [5.74, 6) is -2.69. The molecule has 1 heterocycles. The maximum absolute atomic E-state index is 11.7. The normalized spacial score (nSPS) is 17.3. The molecule has 0 radical (unpaired) electrons. The quantitative estimate of drug-likeness (QED) is 0.353. The summed E-state index contributed by atoms with van der Waals surface area (Å²) >= 11 is 7.99. The molecule has 0 saturated carbocycles. The van der Waals surface area contributed by atoms with E-state index < -0.39 is 17.7 Å². The van der Waals surface area contributed by atoms with Crippen molar-refractivity contribution < 1.29 is 19.1 Å². The van der Waals surface area contributed by atoms with Crippen LogP contribution in [0.1, 0.15) is 13.8 Å². The molecule has 2 rings (SSSR count). The average molecular weight is 408 g/mol. The number of anilines is 1. The zero-order valence-corrected chi connectivity index (χ0v) is 13.6. The van der Waals surface area contributed by atoms with Crippen molar-refractivity contribution in [1.29, 1.82) is 0 Å². The number of halogens is 2. The van der Waals surface area contributed by atoms with E-state index in [2.05, 4.69) is 27.9 Å². The summed E-state index contributed by atoms with van der Waals surface area (Å²) in [6.45, 7) is 2.99. The summed E-state index contributed by atoms with van der Waals surface area (Å²) in [6.07, 6.45) is 1.26. The maximum atomic E-state index is 11.7. The first-order valence-electron chi connectivity index (χ1n) is 5.67. The topological polar surface area (TPSA) is 64.6 Å². The van der Waals surface area contributed by atoms with Crippen LogP contribution < -0.4 is 5.32 Å². The van der Waals surface area contributed by atoms with Crippen LogP contribution in [0, 0.1) is 3.57 Å². The number of ether oxygens (including phenoxy) is 2. The Balaban J connectivity index is 2.21. The lowest BCUT2D eigenvalue weighted by molar-refractivity contribution is -0.222. The van der Waals surface area contributed by atoms with Gasteiger partial charge in [0, 0.05) is 28.6 Å². The van der Waals surface area contributed by atoms with Crippen LogP contribution in [0.3, 0.4) is 0 Å². The number of carbonyl (C=O) groups excluding carboxylic acids is 2. The predicted octanol–water partition coefficient (Wildman–Crippen LogP) is 3.08. The fourth-order valence-electron chi connectivity index (χ4n) is 1.54. The van der Waals surface area contributed by atoms with Gasteiger partial charge in [0.05, 0.1) is 5.69 Å². The van der Waals surface area contributed by atoms with Crippen molar-refractivity contribution in [1.82, 2.24) is 0 Å². The zero-order chi connectivity index (χ0) is 14.9. The Morgan fingerprint density at radius 2 is 1.85 bits per heavy atom. The fourth-order valence-corrected chi connectivity index (χ4v) is 2.20. The van der Waals surface area contributed by atoms with Crippen molar-refractivity contribution in [3.8, 4) is 0 Å². The van der Waals surface area contributed by atoms with E-state index in [1.54, 1.807) is 12.1 Å². The molecule has 106 valence electrons. The highest BCUT2D eigenvalue weighted by atomic mass is 127. The Hall–Kier alpha value is -1.28. The van der Waals surface area contributed by atoms with Gasteiger partial charge in [-0.3, -0.25) is 0 Å². The minimum Gasteiger partial charge on any atom is -0.419 e. The highest BCUT2D eigenvalue weighted by molar-refractivity contribution is 14.1. The van der Waals surface area contributed by atoms with E-state index in [9.17, 15) is 9.59 Å². The molecule has 0 aromatic heterocycles. The second-order valence-corrected chi connectivity index (χ2v) is 6.10. The van der Waals surface area contributed by atoms with Crippen molar-refractivity contribution >= 4 is 51.8 Å². The van der Waals surface area contributed by atoms with Crippen molar-refractivity contribution in [2.75, 3.05) is 5.32 Å². The Labute approximate surface area is 134 Å². The summed E-state index contributed by atoms with van der Waals surface area (Å²) in [7, 11) is 0. The van der Waals surface area contributed by atoms with Crippen LogP contribution in [0.4, 0.5) is 5.69 Å². The van der Waals surface area contributed by atoms with Gasteiger partial charge in [-0.2, -0.15) is 0 Å². The highest BCUT2D eigenvalue weighted by Crippen LogP contribution is 2.25. The third-order valence-corrected chi connectivity index (χ3v) is 3.59. The number of hydrogen-bond donors (Lipinski definition) is 1. The number of nitrogens with one attached hydrogen (secondary N) is 1. The minimum absolute atomic E-state index is 0.194. The Kier molecular flexibility index (Phi) is 4.24. The van der Waals surface area contributed by atoms with E-state index in [1.165, 1.54) is 20.0 Å². The molecule has 1 aliphatic rings. The van der Waals surface area contributed by atoms with Gasteiger partial charge in [0.1, 0.15) is 0 Å². The minimum atomic E-state index is -1.24. The molecule has 1 fully saturated rings. The number of rotatable bonds is 2. The van der Waals surface area contributed by atoms with Gasteiger partial charge in [0.15, 0.2) is 5.57 Å². The third kappa shape index (κ3) is 3.43. The second-order valence-electron chi connectivity index (χ2n) is 4.51. The van der Waals surface area contributed by atoms with Crippen LogP contribution >= 0.6 is 34.2 Å². The molecule has 1 aromatic carbocycles. The molecule has 1 saturated heterocycles. The summed E-state index contributed by atoms with van der Waals surface area (Å²) in [4.78, 5) is 23.5. The predicted molar refractivity (Wildman–Crippen MR) is 82.1 cm³/mol. The van der Waals surface area contributed by atoms with Crippen LogP contribution in [0.25, 0.3) is 0 Å². The van der Waals surface area contributed by atoms with Crippen molar-refractivity contribution in [2.45, 2.75) is 19.6 Å². The van der Waals surface area contributed by atoms with E-state index >= 15 is 0 Å². The van der Waals surface area contributed by atoms with E-state index in [4.69, 9.17) is 21.1 Å². The standard InChI is InChI=1S/C13H11ClINO4/c1-13(2)19-11(17)8(12(18)20-13)6-16-10-5-7(14)3-4-9(10)15/h3-6,16H,1-2H3. The lowest BCUT2D eigenvalue weighted by Crippen LogP contribution is -2.42. The number of hydrogen-bond acceptors (Lipinski definition) is 5. The molecule has 0 unspecified atom stereocenters. The fraction of sp³-hybridized carbons (Fsp3) is 0.231. The first-order chi connectivity index (χ1) is 9.28. The average Bonchev–Trinajstić information content (AvgIpc) is 2.30. The van der Waals surface area contributed by atoms with Crippen LogP contribution in [0.2, 0.25) is 5.02 Å². The number of cyclic esters (lactones) is 2. The van der Waals surface area contributed by atoms with E-state index in [1.807, 2.05) is 6.07 Å². The summed E-state index contributed by atoms with van der Waals surface area (Å²) in [6, 6.07) is 5.24. The van der Waals surface area contributed by atoms with Gasteiger partial charge in [0.2, 0.25) is 0 Å². The van der Waals surface area contributed by atoms with Crippen LogP contribution in [-0.4, -0.2) is 17.7 Å². The lowest BCUT2D eigenvalue weighted by Gasteiger charge is -2.29. The number of carbonyl (C=O) groups is 2. The van der Waals surface area contributed by atoms with E-state index in [-0.39, 0.29) is 5.57 Å². The zero-order valence-electron chi connectivity index (χ0n) is 10.7. The molecule has 0 atom stereocenters. The molecule has 20 heavy (non-hydrogen) atoms. The lowest BCUT2D eigenvalue weighted by atomic mass is 10.2. The molecule has 0 amide bonds. The van der Waals surface area contributed by atoms with Gasteiger partial charge < -0.3 is 14.8 Å². The monoisotopic (exact) mass is 407 g/mol. The van der Waals surface area contributed by atoms with Gasteiger partial charge in [-0.25, -0.2) is 9.59 Å². The molecule has 0 bridgehead atoms. The first-order valence-corrected chi connectivity index (χ1v) is 7.12. The Morgan fingerprint density at radius 1 is 1.25 bits per heavy atom. The molecule has 1 N–H and O–H groups in total. The van der Waals surface area contributed by atoms with Crippen LogP contribution in [0.15, 0.2) is 30.0 Å². The summed E-state index contributed by atoms with van der Waals surface area (Å²) < 4.78 is 10.9. The van der Waals surface area contributed by atoms with E-state index in [0.29, 0.717) is 10.7 Å². The number of benzene rings is 1. The first kappa shape index (κ1) is 15.1. The Morgan fingerprint density at radius 3 is 2.45 bits per heavy atom. The molecular formula is C13H11ClINO4. The van der Waals surface area contributed by atoms with Crippen LogP contribution in [0.5, 0.6) is 0 Å². The van der Waals surface area contributed by atoms with Gasteiger partial charge in [-0.15, -0.1) is 0 Å². The van der Waals surface area contributed by atoms with E-state index in [0.717, 1.165) is 3.57 Å². The largest absolute Gasteiger partial charge is 0.419 e. The highest BCUT2D eigenvalue weighted by Gasteiger charge is 2.38. The van der Waals surface area contributed by atoms with Gasteiger partial charge in [-0.05, 0) is 40.8 Å². The molecule has 0 aliphatic carbocycles. The number of esters is 2. The molecule has 7 heteroatoms. The SMILES string of the molecule is CC1(C)OC(=O)C(=CNc2cc(Cl)ccc2I)C(=O)O1. The van der Waals surface area contributed by atoms with Gasteiger partial charge in [0.25, 0.3) is 5.79 Å². The van der Waals surface area contributed by atoms with Gasteiger partial charge >= 0.3 is 11.9 Å². The van der Waals surface area contributed by atoms with Crippen molar-refractivity contribution in [3.05, 3.63) is 38.6 Å². The molecular weight excluding hydrogens is 397 g/mol. The third-order valence-electron chi connectivity index (χ3n) is 2.42. The summed E-state index contributed by atoms with van der Waals surface area (Å²) in [5, 5.41) is 3.40. The van der Waals surface area contributed by atoms with Gasteiger partial charge in [-0.1, -0.05) is 11.6 Å². The second kappa shape index (κ2) is 5.61. The molecule has 1 aromatic rings. The van der Waals surface area contributed by atoms with Crippen LogP contribution in [-0.2, 0) is 19.1 Å². The van der Waals surface area contributed by atoms with Crippen molar-refractivity contribution in [3.63, 3.8) is 0 Å². The summed E-state index contributed by atoms with van der Waals surface area (Å²) in [5.41, 5.74) is 0.483. The Bertz CT molecular complexity index is 590. The maximum Gasteiger partial charge on any atom is 0.350 e. The smallest absolute Gasteiger partial charge is 0.350 e. The molecule has 5 nitrogen and oxygen atoms in total. The molecule has 0 spiro atoms.